The highest BCUT2D eigenvalue weighted by atomic mass is 19.1. The Morgan fingerprint density at radius 1 is 1.00 bits per heavy atom. The number of nitrogens with zero attached hydrogens (tertiary/aromatic N) is 3. The summed E-state index contributed by atoms with van der Waals surface area (Å²) in [7, 11) is 0. The lowest BCUT2D eigenvalue weighted by Crippen LogP contribution is -2.05. The molecular weight excluding hydrogens is 288 g/mol. The van der Waals surface area contributed by atoms with E-state index >= 15 is 0 Å². The van der Waals surface area contributed by atoms with Crippen LogP contribution in [0.4, 0.5) is 8.78 Å². The first-order valence-electron chi connectivity index (χ1n) is 6.71. The molecule has 0 spiro atoms. The fraction of sp³-hybridized carbons (Fsp3) is 0.125. The van der Waals surface area contributed by atoms with Crippen molar-refractivity contribution in [2.24, 2.45) is 0 Å². The lowest BCUT2D eigenvalue weighted by molar-refractivity contribution is 0.277. The van der Waals surface area contributed by atoms with Crippen LogP contribution in [0.15, 0.2) is 48.5 Å². The molecule has 2 aromatic carbocycles. The summed E-state index contributed by atoms with van der Waals surface area (Å²) in [6.45, 7) is 0.0500. The quantitative estimate of drug-likeness (QED) is 0.806. The average molecular weight is 301 g/mol. The maximum Gasteiger partial charge on any atom is 0.123 e. The van der Waals surface area contributed by atoms with Gasteiger partial charge in [0.25, 0.3) is 0 Å². The second-order valence-corrected chi connectivity index (χ2v) is 4.84. The van der Waals surface area contributed by atoms with Gasteiger partial charge in [0.05, 0.1) is 18.8 Å². The van der Waals surface area contributed by atoms with Crippen LogP contribution in [0.5, 0.6) is 0 Å². The van der Waals surface area contributed by atoms with Crippen LogP contribution in [-0.4, -0.2) is 20.1 Å². The first-order chi connectivity index (χ1) is 10.7. The Labute approximate surface area is 125 Å². The van der Waals surface area contributed by atoms with E-state index in [0.29, 0.717) is 23.5 Å². The molecule has 0 unspecified atom stereocenters. The Hall–Kier alpha value is -2.60. The molecule has 0 aliphatic rings. The molecule has 22 heavy (non-hydrogen) atoms. The highest BCUT2D eigenvalue weighted by Crippen LogP contribution is 2.24. The zero-order valence-electron chi connectivity index (χ0n) is 11.6. The van der Waals surface area contributed by atoms with Crippen molar-refractivity contribution >= 4 is 0 Å². The molecule has 112 valence electrons. The topological polar surface area (TPSA) is 50.9 Å². The van der Waals surface area contributed by atoms with E-state index < -0.39 is 0 Å². The second kappa shape index (κ2) is 6.03. The second-order valence-electron chi connectivity index (χ2n) is 4.84. The predicted octanol–water partition coefficient (Wildman–Crippen LogP) is 2.76. The molecule has 3 rings (SSSR count). The monoisotopic (exact) mass is 301 g/mol. The van der Waals surface area contributed by atoms with Gasteiger partial charge in [0, 0.05) is 5.56 Å². The standard InChI is InChI=1S/C16H13F2N3O/c17-13-6-4-11(5-7-13)9-21-16(15(10-22)19-20-21)12-2-1-3-14(18)8-12/h1-8,22H,9-10H2. The molecule has 3 aromatic rings. The summed E-state index contributed by atoms with van der Waals surface area (Å²) < 4.78 is 28.0. The maximum atomic E-state index is 13.4. The van der Waals surface area contributed by atoms with E-state index in [-0.39, 0.29) is 18.2 Å². The third kappa shape index (κ3) is 2.87. The molecule has 0 saturated carbocycles. The fourth-order valence-corrected chi connectivity index (χ4v) is 2.28. The Morgan fingerprint density at radius 2 is 1.77 bits per heavy atom. The third-order valence-electron chi connectivity index (χ3n) is 3.30. The summed E-state index contributed by atoms with van der Waals surface area (Å²) in [5, 5.41) is 17.3. The van der Waals surface area contributed by atoms with E-state index in [1.165, 1.54) is 24.3 Å². The minimum absolute atomic E-state index is 0.296. The molecule has 1 aromatic heterocycles. The molecule has 1 heterocycles. The maximum absolute atomic E-state index is 13.4. The van der Waals surface area contributed by atoms with Crippen molar-refractivity contribution in [3.63, 3.8) is 0 Å². The largest absolute Gasteiger partial charge is 0.390 e. The van der Waals surface area contributed by atoms with Crippen molar-refractivity contribution in [2.45, 2.75) is 13.2 Å². The molecular formula is C16H13F2N3O. The van der Waals surface area contributed by atoms with Gasteiger partial charge in [-0.2, -0.15) is 0 Å². The molecule has 0 radical (unpaired) electrons. The fourth-order valence-electron chi connectivity index (χ4n) is 2.28. The summed E-state index contributed by atoms with van der Waals surface area (Å²) in [5.41, 5.74) is 2.32. The number of aromatic nitrogens is 3. The van der Waals surface area contributed by atoms with E-state index in [2.05, 4.69) is 10.3 Å². The molecule has 0 fully saturated rings. The summed E-state index contributed by atoms with van der Waals surface area (Å²) >= 11 is 0. The lowest BCUT2D eigenvalue weighted by atomic mass is 10.1. The highest BCUT2D eigenvalue weighted by Gasteiger charge is 2.15. The van der Waals surface area contributed by atoms with E-state index in [1.54, 1.807) is 28.9 Å². The van der Waals surface area contributed by atoms with Crippen LogP contribution in [0.25, 0.3) is 11.3 Å². The van der Waals surface area contributed by atoms with Crippen LogP contribution < -0.4 is 0 Å². The summed E-state index contributed by atoms with van der Waals surface area (Å²) in [4.78, 5) is 0. The van der Waals surface area contributed by atoms with Gasteiger partial charge in [-0.1, -0.05) is 29.5 Å². The first-order valence-corrected chi connectivity index (χ1v) is 6.71. The summed E-state index contributed by atoms with van der Waals surface area (Å²) in [6.07, 6.45) is 0. The highest BCUT2D eigenvalue weighted by molar-refractivity contribution is 5.61. The van der Waals surface area contributed by atoms with E-state index in [1.807, 2.05) is 0 Å². The van der Waals surface area contributed by atoms with Gasteiger partial charge in [0.2, 0.25) is 0 Å². The van der Waals surface area contributed by atoms with Gasteiger partial charge < -0.3 is 5.11 Å². The summed E-state index contributed by atoms with van der Waals surface area (Å²) in [5.74, 6) is -0.695. The number of hydrogen-bond acceptors (Lipinski definition) is 3. The number of benzene rings is 2. The van der Waals surface area contributed by atoms with E-state index in [9.17, 15) is 13.9 Å². The molecule has 0 bridgehead atoms. The summed E-state index contributed by atoms with van der Waals surface area (Å²) in [6, 6.07) is 12.0. The van der Waals surface area contributed by atoms with E-state index in [4.69, 9.17) is 0 Å². The van der Waals surface area contributed by atoms with Crippen molar-refractivity contribution in [3.8, 4) is 11.3 Å². The minimum Gasteiger partial charge on any atom is -0.390 e. The Balaban J connectivity index is 2.02. The van der Waals surface area contributed by atoms with Gasteiger partial charge in [-0.15, -0.1) is 5.10 Å². The van der Waals surface area contributed by atoms with Gasteiger partial charge in [-0.3, -0.25) is 0 Å². The van der Waals surface area contributed by atoms with Crippen LogP contribution in [0.1, 0.15) is 11.3 Å². The first kappa shape index (κ1) is 14.3. The van der Waals surface area contributed by atoms with Crippen LogP contribution in [-0.2, 0) is 13.2 Å². The number of rotatable bonds is 4. The zero-order chi connectivity index (χ0) is 15.5. The van der Waals surface area contributed by atoms with Crippen molar-refractivity contribution in [1.82, 2.24) is 15.0 Å². The van der Waals surface area contributed by atoms with Crippen molar-refractivity contribution in [3.05, 3.63) is 71.4 Å². The Bertz CT molecular complexity index is 784. The van der Waals surface area contributed by atoms with Gasteiger partial charge in [0.15, 0.2) is 0 Å². The minimum atomic E-state index is -0.379. The number of aliphatic hydroxyl groups excluding tert-OH is 1. The van der Waals surface area contributed by atoms with Crippen LogP contribution in [0.2, 0.25) is 0 Å². The van der Waals surface area contributed by atoms with Crippen LogP contribution in [0, 0.1) is 11.6 Å². The molecule has 0 aliphatic heterocycles. The lowest BCUT2D eigenvalue weighted by Gasteiger charge is -2.08. The molecule has 4 nitrogen and oxygen atoms in total. The van der Waals surface area contributed by atoms with Crippen molar-refractivity contribution in [2.75, 3.05) is 0 Å². The SMILES string of the molecule is OCc1nnn(Cc2ccc(F)cc2)c1-c1cccc(F)c1. The van der Waals surface area contributed by atoms with Crippen LogP contribution in [0.3, 0.4) is 0 Å². The normalized spacial score (nSPS) is 10.9. The Morgan fingerprint density at radius 3 is 2.45 bits per heavy atom. The van der Waals surface area contributed by atoms with Gasteiger partial charge in [0.1, 0.15) is 17.3 Å². The van der Waals surface area contributed by atoms with E-state index in [0.717, 1.165) is 5.56 Å². The molecule has 1 N–H and O–H groups in total. The van der Waals surface area contributed by atoms with Crippen molar-refractivity contribution in [1.29, 1.82) is 0 Å². The van der Waals surface area contributed by atoms with Crippen molar-refractivity contribution < 1.29 is 13.9 Å². The number of halogens is 2. The average Bonchev–Trinajstić information content (AvgIpc) is 2.92. The Kier molecular flexibility index (Phi) is 3.93. The molecule has 0 aliphatic carbocycles. The number of hydrogen-bond donors (Lipinski definition) is 1. The smallest absolute Gasteiger partial charge is 0.123 e. The zero-order valence-corrected chi connectivity index (χ0v) is 11.6. The van der Waals surface area contributed by atoms with Crippen LogP contribution >= 0.6 is 0 Å². The number of aliphatic hydroxyl groups is 1. The van der Waals surface area contributed by atoms with Gasteiger partial charge >= 0.3 is 0 Å². The molecule has 0 atom stereocenters. The third-order valence-corrected chi connectivity index (χ3v) is 3.30. The molecule has 0 amide bonds. The predicted molar refractivity (Wildman–Crippen MR) is 76.8 cm³/mol. The van der Waals surface area contributed by atoms with Gasteiger partial charge in [-0.05, 0) is 29.8 Å². The molecule has 0 saturated heterocycles. The van der Waals surface area contributed by atoms with Gasteiger partial charge in [-0.25, -0.2) is 13.5 Å². The molecule has 6 heteroatoms.